The van der Waals surface area contributed by atoms with Gasteiger partial charge in [0.25, 0.3) is 0 Å². The molecule has 0 bridgehead atoms. The highest BCUT2D eigenvalue weighted by molar-refractivity contribution is 7.87. The minimum Gasteiger partial charge on any atom is -0.475 e. The van der Waals surface area contributed by atoms with E-state index in [1.807, 2.05) is 20.8 Å². The number of hydrogen-bond donors (Lipinski definition) is 0. The minimum absolute atomic E-state index is 0.109. The summed E-state index contributed by atoms with van der Waals surface area (Å²) < 4.78 is 36.0. The monoisotopic (exact) mass is 345 g/mol. The SMILES string of the molecule is Cc1ccc(S(=O)(=O)Oc2ccccc2C2=NC(C)(C)CO2)cc1. The molecule has 1 heterocycles. The van der Waals surface area contributed by atoms with Crippen molar-refractivity contribution in [2.24, 2.45) is 4.99 Å². The quantitative estimate of drug-likeness (QED) is 0.798. The second kappa shape index (κ2) is 5.94. The van der Waals surface area contributed by atoms with Crippen molar-refractivity contribution >= 4 is 16.0 Å². The standard InChI is InChI=1S/C18H19NO4S/c1-13-8-10-14(11-9-13)24(20,21)23-16-7-5-4-6-15(16)17-19-18(2,3)12-22-17/h4-11H,12H2,1-3H3. The van der Waals surface area contributed by atoms with Crippen molar-refractivity contribution in [2.45, 2.75) is 31.2 Å². The van der Waals surface area contributed by atoms with E-state index < -0.39 is 10.1 Å². The zero-order chi connectivity index (χ0) is 17.4. The summed E-state index contributed by atoms with van der Waals surface area (Å²) in [6.45, 7) is 6.24. The molecule has 2 aromatic rings. The number of para-hydroxylation sites is 1. The average Bonchev–Trinajstić information content (AvgIpc) is 2.88. The number of ether oxygens (including phenoxy) is 1. The van der Waals surface area contributed by atoms with Gasteiger partial charge < -0.3 is 8.92 Å². The van der Waals surface area contributed by atoms with Crippen LogP contribution in [-0.2, 0) is 14.9 Å². The number of aliphatic imine (C=N–C) groups is 1. The van der Waals surface area contributed by atoms with E-state index in [9.17, 15) is 8.42 Å². The first-order valence-electron chi connectivity index (χ1n) is 7.60. The van der Waals surface area contributed by atoms with E-state index in [2.05, 4.69) is 4.99 Å². The zero-order valence-electron chi connectivity index (χ0n) is 13.8. The van der Waals surface area contributed by atoms with Gasteiger partial charge in [-0.2, -0.15) is 8.42 Å². The Hall–Kier alpha value is -2.34. The van der Waals surface area contributed by atoms with Crippen molar-refractivity contribution in [3.63, 3.8) is 0 Å². The summed E-state index contributed by atoms with van der Waals surface area (Å²) in [5.41, 5.74) is 1.17. The van der Waals surface area contributed by atoms with Gasteiger partial charge in [0.2, 0.25) is 5.90 Å². The molecule has 1 aliphatic rings. The van der Waals surface area contributed by atoms with Gasteiger partial charge in [-0.25, -0.2) is 4.99 Å². The van der Waals surface area contributed by atoms with Gasteiger partial charge in [0.15, 0.2) is 5.75 Å². The number of benzene rings is 2. The largest absolute Gasteiger partial charge is 0.475 e. The molecule has 0 aromatic heterocycles. The Bertz CT molecular complexity index is 883. The predicted octanol–water partition coefficient (Wildman–Crippen LogP) is 3.32. The van der Waals surface area contributed by atoms with E-state index >= 15 is 0 Å². The normalized spacial score (nSPS) is 16.4. The third kappa shape index (κ3) is 3.43. The molecule has 0 atom stereocenters. The molecular formula is C18H19NO4S. The molecule has 0 unspecified atom stereocenters. The van der Waals surface area contributed by atoms with Crippen LogP contribution in [0.2, 0.25) is 0 Å². The molecular weight excluding hydrogens is 326 g/mol. The number of aryl methyl sites for hydroxylation is 1. The van der Waals surface area contributed by atoms with E-state index in [1.54, 1.807) is 36.4 Å². The molecule has 3 rings (SSSR count). The first kappa shape index (κ1) is 16.5. The van der Waals surface area contributed by atoms with Crippen LogP contribution >= 0.6 is 0 Å². The fraction of sp³-hybridized carbons (Fsp3) is 0.278. The summed E-state index contributed by atoms with van der Waals surface area (Å²) in [4.78, 5) is 4.59. The second-order valence-electron chi connectivity index (χ2n) is 6.36. The molecule has 6 heteroatoms. The van der Waals surface area contributed by atoms with Gasteiger partial charge in [-0.05, 0) is 45.0 Å². The van der Waals surface area contributed by atoms with Gasteiger partial charge in [-0.1, -0.05) is 29.8 Å². The molecule has 0 fully saturated rings. The highest BCUT2D eigenvalue weighted by Gasteiger charge is 2.29. The Labute approximate surface area is 142 Å². The molecule has 0 amide bonds. The lowest BCUT2D eigenvalue weighted by atomic mass is 10.1. The number of nitrogens with zero attached hydrogens (tertiary/aromatic N) is 1. The van der Waals surface area contributed by atoms with Crippen LogP contribution in [0, 0.1) is 6.92 Å². The molecule has 0 spiro atoms. The van der Waals surface area contributed by atoms with Crippen LogP contribution in [0.25, 0.3) is 0 Å². The van der Waals surface area contributed by atoms with E-state index in [0.717, 1.165) is 5.56 Å². The van der Waals surface area contributed by atoms with Crippen molar-refractivity contribution in [1.82, 2.24) is 0 Å². The fourth-order valence-corrected chi connectivity index (χ4v) is 3.26. The smallest absolute Gasteiger partial charge is 0.339 e. The summed E-state index contributed by atoms with van der Waals surface area (Å²) in [5, 5.41) is 0. The summed E-state index contributed by atoms with van der Waals surface area (Å²) >= 11 is 0. The van der Waals surface area contributed by atoms with Crippen molar-refractivity contribution < 1.29 is 17.3 Å². The predicted molar refractivity (Wildman–Crippen MR) is 92.0 cm³/mol. The first-order valence-corrected chi connectivity index (χ1v) is 9.01. The lowest BCUT2D eigenvalue weighted by molar-refractivity contribution is 0.279. The minimum atomic E-state index is -3.92. The van der Waals surface area contributed by atoms with E-state index in [-0.39, 0.29) is 16.2 Å². The Balaban J connectivity index is 1.95. The summed E-state index contributed by atoms with van der Waals surface area (Å²) in [6, 6.07) is 13.4. The van der Waals surface area contributed by atoms with Gasteiger partial charge in [-0.15, -0.1) is 0 Å². The highest BCUT2D eigenvalue weighted by Crippen LogP contribution is 2.28. The molecule has 0 saturated heterocycles. The molecule has 5 nitrogen and oxygen atoms in total. The molecule has 24 heavy (non-hydrogen) atoms. The van der Waals surface area contributed by atoms with Crippen molar-refractivity contribution in [3.8, 4) is 5.75 Å². The van der Waals surface area contributed by atoms with Gasteiger partial charge in [0.1, 0.15) is 11.5 Å². The molecule has 0 saturated carbocycles. The van der Waals surface area contributed by atoms with E-state index in [0.29, 0.717) is 18.1 Å². The van der Waals surface area contributed by atoms with Crippen LogP contribution in [0.15, 0.2) is 58.4 Å². The summed E-state index contributed by atoms with van der Waals surface area (Å²) in [5.74, 6) is 0.601. The molecule has 0 N–H and O–H groups in total. The lowest BCUT2D eigenvalue weighted by Crippen LogP contribution is -2.17. The van der Waals surface area contributed by atoms with Crippen LogP contribution in [0.4, 0.5) is 0 Å². The molecule has 1 aliphatic heterocycles. The zero-order valence-corrected chi connectivity index (χ0v) is 14.6. The van der Waals surface area contributed by atoms with Crippen LogP contribution in [-0.4, -0.2) is 26.5 Å². The first-order chi connectivity index (χ1) is 11.3. The van der Waals surface area contributed by atoms with Crippen molar-refractivity contribution in [3.05, 3.63) is 59.7 Å². The topological polar surface area (TPSA) is 65.0 Å². The Morgan fingerprint density at radius 3 is 2.38 bits per heavy atom. The van der Waals surface area contributed by atoms with Crippen molar-refractivity contribution in [1.29, 1.82) is 0 Å². The lowest BCUT2D eigenvalue weighted by Gasteiger charge is -2.11. The molecule has 0 aliphatic carbocycles. The molecule has 126 valence electrons. The average molecular weight is 345 g/mol. The maximum Gasteiger partial charge on any atom is 0.339 e. The van der Waals surface area contributed by atoms with Gasteiger partial charge >= 0.3 is 10.1 Å². The highest BCUT2D eigenvalue weighted by atomic mass is 32.2. The number of rotatable bonds is 4. The second-order valence-corrected chi connectivity index (χ2v) is 7.91. The molecule has 0 radical (unpaired) electrons. The maximum atomic E-state index is 12.5. The van der Waals surface area contributed by atoms with Crippen LogP contribution < -0.4 is 4.18 Å². The summed E-state index contributed by atoms with van der Waals surface area (Å²) in [6.07, 6.45) is 0. The summed E-state index contributed by atoms with van der Waals surface area (Å²) in [7, 11) is -3.92. The van der Waals surface area contributed by atoms with Crippen molar-refractivity contribution in [2.75, 3.05) is 6.61 Å². The fourth-order valence-electron chi connectivity index (χ4n) is 2.31. The Morgan fingerprint density at radius 2 is 1.75 bits per heavy atom. The maximum absolute atomic E-state index is 12.5. The van der Waals surface area contributed by atoms with Crippen LogP contribution in [0.3, 0.4) is 0 Å². The third-order valence-electron chi connectivity index (χ3n) is 3.59. The Morgan fingerprint density at radius 1 is 1.08 bits per heavy atom. The van der Waals surface area contributed by atoms with Crippen LogP contribution in [0.5, 0.6) is 5.75 Å². The number of hydrogen-bond acceptors (Lipinski definition) is 5. The van der Waals surface area contributed by atoms with Crippen LogP contribution in [0.1, 0.15) is 25.0 Å². The molecule has 2 aromatic carbocycles. The third-order valence-corrected chi connectivity index (χ3v) is 4.84. The Kier molecular flexibility index (Phi) is 4.09. The van der Waals surface area contributed by atoms with E-state index in [4.69, 9.17) is 8.92 Å². The van der Waals surface area contributed by atoms with Gasteiger partial charge in [0.05, 0.1) is 11.1 Å². The van der Waals surface area contributed by atoms with Gasteiger partial charge in [0, 0.05) is 0 Å². The van der Waals surface area contributed by atoms with Gasteiger partial charge in [-0.3, -0.25) is 0 Å². The van der Waals surface area contributed by atoms with E-state index in [1.165, 1.54) is 12.1 Å².